The van der Waals surface area contributed by atoms with Gasteiger partial charge in [0.15, 0.2) is 0 Å². The summed E-state index contributed by atoms with van der Waals surface area (Å²) in [4.78, 5) is 14.2. The lowest BCUT2D eigenvalue weighted by molar-refractivity contribution is -0.126. The summed E-state index contributed by atoms with van der Waals surface area (Å²) in [7, 11) is 0. The van der Waals surface area contributed by atoms with Crippen LogP contribution in [0.4, 0.5) is 0 Å². The van der Waals surface area contributed by atoms with E-state index in [2.05, 4.69) is 10.2 Å². The summed E-state index contributed by atoms with van der Waals surface area (Å²) in [5.74, 6) is 1.22. The molecule has 0 aromatic carbocycles. The van der Waals surface area contributed by atoms with E-state index in [1.54, 1.807) is 0 Å². The Labute approximate surface area is 97.6 Å². The molecule has 1 unspecified atom stereocenters. The molecular weight excluding hydrogens is 202 g/mol. The monoisotopic (exact) mass is 225 g/mol. The Kier molecular flexibility index (Phi) is 4.18. The van der Waals surface area contributed by atoms with Crippen molar-refractivity contribution in [2.45, 2.75) is 25.7 Å². The Hall–Kier alpha value is -0.610. The average molecular weight is 225 g/mol. The maximum absolute atomic E-state index is 11.9. The molecule has 1 saturated carbocycles. The largest absolute Gasteiger partial charge is 0.356 e. The molecule has 1 aliphatic carbocycles. The molecule has 1 aliphatic heterocycles. The van der Waals surface area contributed by atoms with Gasteiger partial charge in [-0.2, -0.15) is 0 Å². The van der Waals surface area contributed by atoms with Crippen LogP contribution >= 0.6 is 0 Å². The first-order valence-electron chi connectivity index (χ1n) is 6.49. The summed E-state index contributed by atoms with van der Waals surface area (Å²) >= 11 is 0. The van der Waals surface area contributed by atoms with E-state index in [-0.39, 0.29) is 11.8 Å². The minimum Gasteiger partial charge on any atom is -0.356 e. The van der Waals surface area contributed by atoms with E-state index in [0.717, 1.165) is 44.9 Å². The van der Waals surface area contributed by atoms with E-state index < -0.39 is 0 Å². The molecule has 16 heavy (non-hydrogen) atoms. The van der Waals surface area contributed by atoms with Gasteiger partial charge in [-0.1, -0.05) is 0 Å². The minimum atomic E-state index is 0.194. The molecule has 92 valence electrons. The van der Waals surface area contributed by atoms with E-state index in [0.29, 0.717) is 6.54 Å². The van der Waals surface area contributed by atoms with E-state index >= 15 is 0 Å². The molecule has 2 fully saturated rings. The van der Waals surface area contributed by atoms with Gasteiger partial charge < -0.3 is 16.0 Å². The number of hydrogen-bond acceptors (Lipinski definition) is 3. The average Bonchev–Trinajstić information content (AvgIpc) is 3.10. The summed E-state index contributed by atoms with van der Waals surface area (Å²) < 4.78 is 0. The molecule has 1 atom stereocenters. The van der Waals surface area contributed by atoms with Gasteiger partial charge >= 0.3 is 0 Å². The summed E-state index contributed by atoms with van der Waals surface area (Å²) in [5, 5.41) is 3.08. The predicted molar refractivity (Wildman–Crippen MR) is 64.0 cm³/mol. The van der Waals surface area contributed by atoms with Crippen molar-refractivity contribution in [2.24, 2.45) is 17.6 Å². The van der Waals surface area contributed by atoms with Gasteiger partial charge in [0.1, 0.15) is 0 Å². The number of carbonyl (C=O) groups excluding carboxylic acids is 1. The third kappa shape index (κ3) is 3.46. The number of piperidine rings is 1. The number of nitrogens with zero attached hydrogens (tertiary/aromatic N) is 1. The van der Waals surface area contributed by atoms with Crippen molar-refractivity contribution in [3.63, 3.8) is 0 Å². The normalized spacial score (nSPS) is 26.7. The van der Waals surface area contributed by atoms with E-state index in [1.165, 1.54) is 12.8 Å². The van der Waals surface area contributed by atoms with Crippen LogP contribution in [0.3, 0.4) is 0 Å². The van der Waals surface area contributed by atoms with Crippen LogP contribution in [-0.4, -0.2) is 43.5 Å². The molecule has 0 aromatic heterocycles. The van der Waals surface area contributed by atoms with Gasteiger partial charge in [-0.15, -0.1) is 0 Å². The fraction of sp³-hybridized carbons (Fsp3) is 0.917. The molecule has 2 aliphatic rings. The zero-order chi connectivity index (χ0) is 11.4. The van der Waals surface area contributed by atoms with Gasteiger partial charge in [-0.3, -0.25) is 4.79 Å². The standard InChI is InChI=1S/C12H23N3O/c13-5-7-15-6-1-2-11(9-15)12(16)14-8-10-3-4-10/h10-11H,1-9,13H2,(H,14,16). The first-order chi connectivity index (χ1) is 7.79. The molecule has 0 bridgehead atoms. The highest BCUT2D eigenvalue weighted by molar-refractivity contribution is 5.79. The van der Waals surface area contributed by atoms with E-state index in [4.69, 9.17) is 5.73 Å². The van der Waals surface area contributed by atoms with Crippen LogP contribution in [0.15, 0.2) is 0 Å². The minimum absolute atomic E-state index is 0.194. The van der Waals surface area contributed by atoms with Crippen LogP contribution in [0.1, 0.15) is 25.7 Å². The van der Waals surface area contributed by atoms with Gasteiger partial charge in [0, 0.05) is 26.2 Å². The summed E-state index contributed by atoms with van der Waals surface area (Å²) in [6.07, 6.45) is 4.76. The third-order valence-electron chi connectivity index (χ3n) is 3.58. The molecule has 1 heterocycles. The second-order valence-corrected chi connectivity index (χ2v) is 5.12. The van der Waals surface area contributed by atoms with Crippen molar-refractivity contribution in [3.05, 3.63) is 0 Å². The smallest absolute Gasteiger partial charge is 0.224 e. The van der Waals surface area contributed by atoms with Crippen LogP contribution in [0.2, 0.25) is 0 Å². The quantitative estimate of drug-likeness (QED) is 0.702. The second-order valence-electron chi connectivity index (χ2n) is 5.12. The number of amides is 1. The lowest BCUT2D eigenvalue weighted by Gasteiger charge is -2.31. The van der Waals surface area contributed by atoms with Crippen molar-refractivity contribution >= 4 is 5.91 Å². The van der Waals surface area contributed by atoms with Gasteiger partial charge in [-0.05, 0) is 38.1 Å². The number of likely N-dealkylation sites (tertiary alicyclic amines) is 1. The fourth-order valence-electron chi connectivity index (χ4n) is 2.37. The lowest BCUT2D eigenvalue weighted by atomic mass is 9.97. The predicted octanol–water partition coefficient (Wildman–Crippen LogP) is 0.183. The van der Waals surface area contributed by atoms with Gasteiger partial charge in [0.05, 0.1) is 5.92 Å². The first-order valence-corrected chi connectivity index (χ1v) is 6.49. The maximum Gasteiger partial charge on any atom is 0.224 e. The zero-order valence-corrected chi connectivity index (χ0v) is 9.95. The topological polar surface area (TPSA) is 58.4 Å². The van der Waals surface area contributed by atoms with Crippen LogP contribution in [0.5, 0.6) is 0 Å². The summed E-state index contributed by atoms with van der Waals surface area (Å²) in [5.41, 5.74) is 5.55. The van der Waals surface area contributed by atoms with Crippen LogP contribution in [0.25, 0.3) is 0 Å². The molecular formula is C12H23N3O. The lowest BCUT2D eigenvalue weighted by Crippen LogP contribution is -2.44. The number of hydrogen-bond donors (Lipinski definition) is 2. The van der Waals surface area contributed by atoms with Gasteiger partial charge in [0.25, 0.3) is 0 Å². The highest BCUT2D eigenvalue weighted by Gasteiger charge is 2.27. The molecule has 4 nitrogen and oxygen atoms in total. The Morgan fingerprint density at radius 2 is 2.19 bits per heavy atom. The molecule has 2 rings (SSSR count). The highest BCUT2D eigenvalue weighted by atomic mass is 16.1. The molecule has 3 N–H and O–H groups in total. The van der Waals surface area contributed by atoms with Gasteiger partial charge in [-0.25, -0.2) is 0 Å². The van der Waals surface area contributed by atoms with Crippen molar-refractivity contribution in [2.75, 3.05) is 32.7 Å². The number of nitrogens with one attached hydrogen (secondary N) is 1. The molecule has 4 heteroatoms. The van der Waals surface area contributed by atoms with Crippen LogP contribution in [-0.2, 0) is 4.79 Å². The number of nitrogens with two attached hydrogens (primary N) is 1. The number of rotatable bonds is 5. The van der Waals surface area contributed by atoms with Crippen LogP contribution < -0.4 is 11.1 Å². The maximum atomic E-state index is 11.9. The van der Waals surface area contributed by atoms with Crippen LogP contribution in [0, 0.1) is 11.8 Å². The van der Waals surface area contributed by atoms with E-state index in [1.807, 2.05) is 0 Å². The van der Waals surface area contributed by atoms with Crippen molar-refractivity contribution in [3.8, 4) is 0 Å². The van der Waals surface area contributed by atoms with Crippen molar-refractivity contribution in [1.29, 1.82) is 0 Å². The third-order valence-corrected chi connectivity index (χ3v) is 3.58. The molecule has 0 aromatic rings. The Morgan fingerprint density at radius 3 is 2.88 bits per heavy atom. The molecule has 0 spiro atoms. The van der Waals surface area contributed by atoms with Crippen molar-refractivity contribution in [1.82, 2.24) is 10.2 Å². The van der Waals surface area contributed by atoms with E-state index in [9.17, 15) is 4.79 Å². The zero-order valence-electron chi connectivity index (χ0n) is 9.95. The molecule has 1 saturated heterocycles. The number of carbonyl (C=O) groups is 1. The SMILES string of the molecule is NCCN1CCCC(C(=O)NCC2CC2)C1. The van der Waals surface area contributed by atoms with Gasteiger partial charge in [0.2, 0.25) is 5.91 Å². The van der Waals surface area contributed by atoms with Crippen molar-refractivity contribution < 1.29 is 4.79 Å². The molecule has 1 amide bonds. The Morgan fingerprint density at radius 1 is 1.38 bits per heavy atom. The Balaban J connectivity index is 1.71. The highest BCUT2D eigenvalue weighted by Crippen LogP contribution is 2.27. The summed E-state index contributed by atoms with van der Waals surface area (Å²) in [6.45, 7) is 4.51. The second kappa shape index (κ2) is 5.64. The Bertz CT molecular complexity index is 238. The fourth-order valence-corrected chi connectivity index (χ4v) is 2.37. The molecule has 0 radical (unpaired) electrons. The first kappa shape index (κ1) is 11.9. The summed E-state index contributed by atoms with van der Waals surface area (Å²) in [6, 6.07) is 0.